The Morgan fingerprint density at radius 2 is 0.680 bits per heavy atom. The third-order valence-electron chi connectivity index (χ3n) is 24.5. The molecule has 4 aliphatic rings. The highest BCUT2D eigenvalue weighted by molar-refractivity contribution is 7.24. The SMILES string of the molecule is C=CC(=O)N1CC[C@@H](c2cc(-c3sc4c(OC)cc(C)cc4c3C)c3c(N)ncnn23)C1.C=CC(=O)N1CC[C@H](c2cc(-c3sc4c(OC)cc(C)cc4c3C)c3c(N)ncnn23)C1.CC#CC(=O)N1CC[C@@H](c2cc(-c3cc4cc(C)cc(OC)c4s3)c3c(N)ncnn23)C1.CC#CC(=O)N1CC[C@H](c2cc(-c3cc4cc(C)cc(OC)c4s3)c3c(N)ncnn23)C1. The van der Waals surface area contributed by atoms with Crippen molar-refractivity contribution in [1.29, 1.82) is 0 Å². The highest BCUT2D eigenvalue weighted by atomic mass is 32.1. The van der Waals surface area contributed by atoms with Crippen LogP contribution < -0.4 is 41.9 Å². The number of nitrogen functional groups attached to an aromatic ring is 4. The van der Waals surface area contributed by atoms with E-state index in [0.29, 0.717) is 75.6 Å². The van der Waals surface area contributed by atoms with Gasteiger partial charge in [0.25, 0.3) is 11.8 Å². The molecule has 4 saturated heterocycles. The van der Waals surface area contributed by atoms with Gasteiger partial charge >= 0.3 is 0 Å². The van der Waals surface area contributed by atoms with E-state index in [2.05, 4.69) is 192 Å². The third kappa shape index (κ3) is 15.8. The maximum atomic E-state index is 12.2. The van der Waals surface area contributed by atoms with Crippen molar-refractivity contribution in [1.82, 2.24) is 78.0 Å². The quantitative estimate of drug-likeness (QED) is 0.0580. The first-order valence-corrected chi connectivity index (χ1v) is 45.2. The molecule has 652 valence electrons. The van der Waals surface area contributed by atoms with Crippen molar-refractivity contribution in [3.8, 4) is 88.4 Å². The summed E-state index contributed by atoms with van der Waals surface area (Å²) in [5.41, 5.74) is 43.7. The number of aromatic nitrogens is 12. The fraction of sp³-hybridized carbons (Fsp3) is 0.292. The number of anilines is 4. The molecule has 4 aromatic carbocycles. The molecule has 8 N–H and O–H groups in total. The molecule has 16 aromatic rings. The summed E-state index contributed by atoms with van der Waals surface area (Å²) in [5, 5.41) is 22.7. The lowest BCUT2D eigenvalue weighted by atomic mass is 10.0. The van der Waals surface area contributed by atoms with Crippen LogP contribution in [0.5, 0.6) is 23.0 Å². The minimum Gasteiger partial charge on any atom is -0.495 e. The number of benzene rings is 4. The number of ether oxygens (including phenoxy) is 4. The van der Waals surface area contributed by atoms with Gasteiger partial charge < -0.3 is 61.5 Å². The summed E-state index contributed by atoms with van der Waals surface area (Å²) in [5.74, 6) is 16.2. The highest BCUT2D eigenvalue weighted by Crippen LogP contribution is 2.51. The number of fused-ring (bicyclic) bond motifs is 8. The number of aryl methyl sites for hydroxylation is 6. The van der Waals surface area contributed by atoms with Gasteiger partial charge in [-0.15, -0.1) is 45.3 Å². The molecule has 4 atom stereocenters. The Balaban J connectivity index is 0.000000120. The lowest BCUT2D eigenvalue weighted by Gasteiger charge is -2.14. The van der Waals surface area contributed by atoms with Crippen molar-refractivity contribution in [3.63, 3.8) is 0 Å². The standard InChI is InChI=1S/2C24H25N5O2S.2C24H23N5O2S/c2*1-5-20(30)28-7-6-15(11-28)18-10-17(21-24(25)26-12-27-29(18)21)22-14(3)16-8-13(2)9-19(31-4)23(16)32-22;2*1-4-5-21(30)28-7-6-15(12-28)18-11-17(22-24(25)26-13-27-29(18)22)20-10-16-8-14(2)9-19(31-3)23(16)32-20/h2*5,8-10,12,15H,1,6-7,11H2,2-4H3,(H2,25,26,27);2*8-11,13,15H,6-7,12H2,1-3H3,(H2,25,26,27)/t4*15-/m1010/s1. The molecule has 0 unspecified atom stereocenters. The second-order valence-electron chi connectivity index (χ2n) is 32.5. The van der Waals surface area contributed by atoms with Crippen LogP contribution in [-0.4, -0.2) is 182 Å². The molecule has 4 amide bonds. The molecule has 128 heavy (non-hydrogen) atoms. The highest BCUT2D eigenvalue weighted by Gasteiger charge is 2.37. The Morgan fingerprint density at radius 3 is 0.992 bits per heavy atom. The molecule has 0 spiro atoms. The van der Waals surface area contributed by atoms with Gasteiger partial charge in [0, 0.05) is 151 Å². The zero-order valence-electron chi connectivity index (χ0n) is 73.1. The monoisotopic (exact) mass is 1780 g/mol. The molecule has 4 aliphatic heterocycles. The normalized spacial score (nSPS) is 16.0. The van der Waals surface area contributed by atoms with Crippen LogP contribution >= 0.6 is 45.3 Å². The van der Waals surface area contributed by atoms with E-state index in [0.717, 1.165) is 187 Å². The summed E-state index contributed by atoms with van der Waals surface area (Å²) in [6, 6.07) is 29.9. The van der Waals surface area contributed by atoms with Gasteiger partial charge in [-0.25, -0.2) is 38.0 Å². The van der Waals surface area contributed by atoms with Crippen LogP contribution in [-0.2, 0) is 19.2 Å². The van der Waals surface area contributed by atoms with Crippen molar-refractivity contribution in [2.45, 2.75) is 105 Å². The summed E-state index contributed by atoms with van der Waals surface area (Å²) in [4.78, 5) is 77.4. The lowest BCUT2D eigenvalue weighted by Crippen LogP contribution is -2.27. The van der Waals surface area contributed by atoms with E-state index in [1.165, 1.54) is 59.4 Å². The molecule has 28 nitrogen and oxygen atoms in total. The molecule has 12 aromatic heterocycles. The third-order valence-corrected chi connectivity index (χ3v) is 29.6. The van der Waals surface area contributed by atoms with Crippen molar-refractivity contribution in [2.24, 2.45) is 0 Å². The van der Waals surface area contributed by atoms with Crippen LogP contribution in [0.2, 0.25) is 0 Å². The maximum absolute atomic E-state index is 12.2. The van der Waals surface area contributed by atoms with Crippen LogP contribution in [0.1, 0.15) is 119 Å². The minimum absolute atomic E-state index is 0.0365. The zero-order valence-corrected chi connectivity index (χ0v) is 76.4. The molecule has 4 fully saturated rings. The largest absolute Gasteiger partial charge is 0.495 e. The summed E-state index contributed by atoms with van der Waals surface area (Å²) >= 11 is 6.74. The summed E-state index contributed by atoms with van der Waals surface area (Å²) in [6.07, 6.45) is 12.1. The van der Waals surface area contributed by atoms with Crippen molar-refractivity contribution in [2.75, 3.05) is 104 Å². The fourth-order valence-corrected chi connectivity index (χ4v) is 23.3. The number of carbonyl (C=O) groups is 4. The molecule has 0 aliphatic carbocycles. The number of amides is 4. The number of methoxy groups -OCH3 is 4. The van der Waals surface area contributed by atoms with E-state index < -0.39 is 0 Å². The molecule has 32 heteroatoms. The number of hydrogen-bond donors (Lipinski definition) is 4. The second kappa shape index (κ2) is 35.5. The number of rotatable bonds is 14. The molecule has 16 heterocycles. The molecule has 0 bridgehead atoms. The maximum Gasteiger partial charge on any atom is 0.298 e. The first-order valence-electron chi connectivity index (χ1n) is 41.9. The topological polar surface area (TPSA) is 343 Å². The second-order valence-corrected chi connectivity index (χ2v) is 36.7. The van der Waals surface area contributed by atoms with E-state index in [1.807, 2.05) is 40.0 Å². The number of nitrogens with zero attached hydrogens (tertiary/aromatic N) is 16. The molecule has 0 radical (unpaired) electrons. The van der Waals surface area contributed by atoms with Gasteiger partial charge in [-0.2, -0.15) is 20.4 Å². The van der Waals surface area contributed by atoms with E-state index in [4.69, 9.17) is 41.9 Å². The van der Waals surface area contributed by atoms with Crippen LogP contribution in [0, 0.1) is 65.2 Å². The molecule has 20 rings (SSSR count). The van der Waals surface area contributed by atoms with E-state index >= 15 is 0 Å². The van der Waals surface area contributed by atoms with E-state index in [9.17, 15) is 19.2 Å². The Morgan fingerprint density at radius 1 is 0.391 bits per heavy atom. The number of likely N-dealkylation sites (tertiary alicyclic amines) is 4. The van der Waals surface area contributed by atoms with E-state index in [-0.39, 0.29) is 47.3 Å². The molecular weight excluding hydrogens is 1690 g/mol. The first-order chi connectivity index (χ1) is 61.8. The van der Waals surface area contributed by atoms with Crippen LogP contribution in [0.25, 0.3) is 104 Å². The zero-order chi connectivity index (χ0) is 89.9. The number of hydrogen-bond acceptors (Lipinski definition) is 24. The number of nitrogens with two attached hydrogens (primary N) is 4. The predicted molar refractivity (Wildman–Crippen MR) is 511 cm³/mol. The minimum atomic E-state index is -0.128. The summed E-state index contributed by atoms with van der Waals surface area (Å²) < 4.78 is 34.6. The van der Waals surface area contributed by atoms with Crippen LogP contribution in [0.15, 0.2) is 136 Å². The van der Waals surface area contributed by atoms with Crippen LogP contribution in [0.3, 0.4) is 0 Å². The summed E-state index contributed by atoms with van der Waals surface area (Å²) in [7, 11) is 6.80. The van der Waals surface area contributed by atoms with Gasteiger partial charge in [-0.1, -0.05) is 49.3 Å². The fourth-order valence-electron chi connectivity index (χ4n) is 18.4. The van der Waals surface area contributed by atoms with Crippen LogP contribution in [0.4, 0.5) is 23.3 Å². The van der Waals surface area contributed by atoms with Gasteiger partial charge in [-0.3, -0.25) is 19.2 Å². The Hall–Kier alpha value is -13.9. The van der Waals surface area contributed by atoms with Gasteiger partial charge in [-0.05, 0) is 210 Å². The van der Waals surface area contributed by atoms with Gasteiger partial charge in [0.1, 0.15) is 70.4 Å². The lowest BCUT2D eigenvalue weighted by molar-refractivity contribution is -0.125. The molecule has 0 saturated carbocycles. The average molecular weight is 1790 g/mol. The van der Waals surface area contributed by atoms with Crippen molar-refractivity contribution < 1.29 is 38.1 Å². The smallest absolute Gasteiger partial charge is 0.298 e. The number of carbonyl (C=O) groups excluding carboxylic acids is 4. The molecular formula is C96H96N20O8S4. The van der Waals surface area contributed by atoms with Gasteiger partial charge in [0.15, 0.2) is 23.3 Å². The van der Waals surface area contributed by atoms with Crippen molar-refractivity contribution in [3.05, 3.63) is 192 Å². The first kappa shape index (κ1) is 86.2. The van der Waals surface area contributed by atoms with Gasteiger partial charge in [0.05, 0.1) is 47.2 Å². The predicted octanol–water partition coefficient (Wildman–Crippen LogP) is 16.3. The van der Waals surface area contributed by atoms with Crippen molar-refractivity contribution >= 4 is 155 Å². The summed E-state index contributed by atoms with van der Waals surface area (Å²) in [6.45, 7) is 28.4. The number of thiophene rings is 4. The Kier molecular flexibility index (Phi) is 23.9. The Bertz CT molecular complexity index is 6910. The van der Waals surface area contributed by atoms with E-state index in [1.54, 1.807) is 97.4 Å². The van der Waals surface area contributed by atoms with Gasteiger partial charge in [0.2, 0.25) is 11.8 Å². The Labute approximate surface area is 754 Å². The average Bonchev–Trinajstić information content (AvgIpc) is 1.61.